The Kier molecular flexibility index (Phi) is 3.48. The molecule has 0 aliphatic rings. The molecule has 0 saturated heterocycles. The summed E-state index contributed by atoms with van der Waals surface area (Å²) in [5, 5.41) is 4.44. The molecule has 1 aromatic heterocycles. The van der Waals surface area contributed by atoms with Gasteiger partial charge in [-0.3, -0.25) is 4.98 Å². The van der Waals surface area contributed by atoms with Crippen LogP contribution in [0, 0.1) is 0 Å². The number of rotatable bonds is 3. The third-order valence-electron chi connectivity index (χ3n) is 3.14. The topological polar surface area (TPSA) is 50.9 Å². The lowest BCUT2D eigenvalue weighted by molar-refractivity contribution is 1.40. The Hall–Kier alpha value is -2.20. The fourth-order valence-corrected chi connectivity index (χ4v) is 2.60. The zero-order valence-electron chi connectivity index (χ0n) is 11.1. The minimum atomic E-state index is 0.651. The third-order valence-corrected chi connectivity index (χ3v) is 3.87. The van der Waals surface area contributed by atoms with Crippen LogP contribution >= 0.6 is 11.8 Å². The van der Waals surface area contributed by atoms with Crippen molar-refractivity contribution in [3.05, 3.63) is 54.7 Å². The molecule has 20 heavy (non-hydrogen) atoms. The first-order chi connectivity index (χ1) is 9.78. The molecule has 100 valence electrons. The molecule has 0 fully saturated rings. The lowest BCUT2D eigenvalue weighted by Gasteiger charge is -2.12. The third kappa shape index (κ3) is 2.42. The van der Waals surface area contributed by atoms with Crippen LogP contribution in [-0.4, -0.2) is 11.2 Å². The molecule has 0 saturated carbocycles. The molecule has 0 spiro atoms. The van der Waals surface area contributed by atoms with E-state index in [0.29, 0.717) is 5.69 Å². The molecule has 3 aromatic rings. The molecule has 3 rings (SSSR count). The van der Waals surface area contributed by atoms with E-state index in [0.717, 1.165) is 22.3 Å². The van der Waals surface area contributed by atoms with Crippen LogP contribution < -0.4 is 11.1 Å². The van der Waals surface area contributed by atoms with E-state index in [-0.39, 0.29) is 0 Å². The molecule has 0 amide bonds. The SMILES string of the molecule is CSc1cccc(Nc2c(N)cnc3ccccc23)c1. The first-order valence-corrected chi connectivity index (χ1v) is 7.54. The Balaban J connectivity index is 2.07. The van der Waals surface area contributed by atoms with Crippen molar-refractivity contribution < 1.29 is 0 Å². The number of benzene rings is 2. The Labute approximate surface area is 122 Å². The smallest absolute Gasteiger partial charge is 0.0746 e. The highest BCUT2D eigenvalue weighted by Crippen LogP contribution is 2.31. The summed E-state index contributed by atoms with van der Waals surface area (Å²) in [6.45, 7) is 0. The number of aromatic nitrogens is 1. The normalized spacial score (nSPS) is 10.7. The van der Waals surface area contributed by atoms with Crippen molar-refractivity contribution in [1.82, 2.24) is 4.98 Å². The summed E-state index contributed by atoms with van der Waals surface area (Å²) in [5.41, 5.74) is 9.60. The molecule has 1 heterocycles. The van der Waals surface area contributed by atoms with Gasteiger partial charge in [0.15, 0.2) is 0 Å². The number of hydrogen-bond donors (Lipinski definition) is 2. The van der Waals surface area contributed by atoms with E-state index in [1.807, 2.05) is 36.4 Å². The average molecular weight is 281 g/mol. The van der Waals surface area contributed by atoms with Gasteiger partial charge in [-0.25, -0.2) is 0 Å². The van der Waals surface area contributed by atoms with Crippen molar-refractivity contribution in [3.8, 4) is 0 Å². The number of para-hydroxylation sites is 1. The van der Waals surface area contributed by atoms with Crippen molar-refractivity contribution in [2.45, 2.75) is 4.90 Å². The second-order valence-electron chi connectivity index (χ2n) is 4.46. The van der Waals surface area contributed by atoms with E-state index in [4.69, 9.17) is 5.73 Å². The molecule has 0 bridgehead atoms. The number of anilines is 3. The highest BCUT2D eigenvalue weighted by atomic mass is 32.2. The molecule has 0 aliphatic carbocycles. The van der Waals surface area contributed by atoms with Gasteiger partial charge in [0.2, 0.25) is 0 Å². The molecule has 0 aliphatic heterocycles. The quantitative estimate of drug-likeness (QED) is 0.703. The monoisotopic (exact) mass is 281 g/mol. The fraction of sp³-hybridized carbons (Fsp3) is 0.0625. The summed E-state index contributed by atoms with van der Waals surface area (Å²) in [7, 11) is 0. The second kappa shape index (κ2) is 5.43. The minimum absolute atomic E-state index is 0.651. The van der Waals surface area contributed by atoms with Crippen LogP contribution in [0.1, 0.15) is 0 Å². The second-order valence-corrected chi connectivity index (χ2v) is 5.34. The number of nitrogens with two attached hydrogens (primary N) is 1. The standard InChI is InChI=1S/C16H15N3S/c1-20-12-6-4-5-11(9-12)19-16-13-7-2-3-8-15(13)18-10-14(16)17/h2-10H,17H2,1H3,(H,18,19). The summed E-state index contributed by atoms with van der Waals surface area (Å²) < 4.78 is 0. The van der Waals surface area contributed by atoms with Crippen LogP contribution in [-0.2, 0) is 0 Å². The minimum Gasteiger partial charge on any atom is -0.396 e. The number of thioether (sulfide) groups is 1. The van der Waals surface area contributed by atoms with Gasteiger partial charge in [0.25, 0.3) is 0 Å². The number of pyridine rings is 1. The summed E-state index contributed by atoms with van der Waals surface area (Å²) in [6.07, 6.45) is 3.76. The summed E-state index contributed by atoms with van der Waals surface area (Å²) >= 11 is 1.72. The average Bonchev–Trinajstić information content (AvgIpc) is 2.50. The van der Waals surface area contributed by atoms with Gasteiger partial charge in [-0.1, -0.05) is 24.3 Å². The van der Waals surface area contributed by atoms with Crippen LogP contribution in [0.4, 0.5) is 17.1 Å². The van der Waals surface area contributed by atoms with Crippen LogP contribution in [0.3, 0.4) is 0 Å². The van der Waals surface area contributed by atoms with Gasteiger partial charge in [-0.05, 0) is 30.5 Å². The maximum absolute atomic E-state index is 6.07. The summed E-state index contributed by atoms with van der Waals surface area (Å²) in [5.74, 6) is 0. The highest BCUT2D eigenvalue weighted by Gasteiger charge is 2.06. The predicted molar refractivity (Wildman–Crippen MR) is 87.7 cm³/mol. The van der Waals surface area contributed by atoms with E-state index >= 15 is 0 Å². The Bertz CT molecular complexity index is 756. The first-order valence-electron chi connectivity index (χ1n) is 6.32. The molecular weight excluding hydrogens is 266 g/mol. The largest absolute Gasteiger partial charge is 0.396 e. The number of hydrogen-bond acceptors (Lipinski definition) is 4. The van der Waals surface area contributed by atoms with Gasteiger partial charge in [0.1, 0.15) is 0 Å². The van der Waals surface area contributed by atoms with E-state index < -0.39 is 0 Å². The lowest BCUT2D eigenvalue weighted by Crippen LogP contribution is -1.98. The maximum atomic E-state index is 6.07. The Morgan fingerprint density at radius 3 is 2.80 bits per heavy atom. The summed E-state index contributed by atoms with van der Waals surface area (Å²) in [6, 6.07) is 16.2. The maximum Gasteiger partial charge on any atom is 0.0746 e. The number of fused-ring (bicyclic) bond motifs is 1. The molecular formula is C16H15N3S. The highest BCUT2D eigenvalue weighted by molar-refractivity contribution is 7.98. The van der Waals surface area contributed by atoms with Gasteiger partial charge in [0, 0.05) is 16.0 Å². The van der Waals surface area contributed by atoms with Crippen LogP contribution in [0.2, 0.25) is 0 Å². The number of nitrogen functional groups attached to an aromatic ring is 1. The number of nitrogens with zero attached hydrogens (tertiary/aromatic N) is 1. The van der Waals surface area contributed by atoms with E-state index in [1.54, 1.807) is 18.0 Å². The Morgan fingerprint density at radius 1 is 1.10 bits per heavy atom. The van der Waals surface area contributed by atoms with E-state index in [2.05, 4.69) is 28.7 Å². The molecule has 0 atom stereocenters. The lowest BCUT2D eigenvalue weighted by atomic mass is 10.1. The fourth-order valence-electron chi connectivity index (χ4n) is 2.14. The van der Waals surface area contributed by atoms with Crippen molar-refractivity contribution in [1.29, 1.82) is 0 Å². The van der Waals surface area contributed by atoms with Crippen molar-refractivity contribution in [2.75, 3.05) is 17.3 Å². The van der Waals surface area contributed by atoms with Crippen molar-refractivity contribution >= 4 is 39.7 Å². The van der Waals surface area contributed by atoms with Gasteiger partial charge in [-0.2, -0.15) is 0 Å². The van der Waals surface area contributed by atoms with E-state index in [9.17, 15) is 0 Å². The first kappa shape index (κ1) is 12.8. The molecule has 3 N–H and O–H groups in total. The van der Waals surface area contributed by atoms with Crippen LogP contribution in [0.15, 0.2) is 59.6 Å². The summed E-state index contributed by atoms with van der Waals surface area (Å²) in [4.78, 5) is 5.56. The van der Waals surface area contributed by atoms with Crippen molar-refractivity contribution in [3.63, 3.8) is 0 Å². The number of nitrogens with one attached hydrogen (secondary N) is 1. The van der Waals surface area contributed by atoms with Gasteiger partial charge in [0.05, 0.1) is 23.1 Å². The van der Waals surface area contributed by atoms with Gasteiger partial charge < -0.3 is 11.1 Å². The van der Waals surface area contributed by atoms with Gasteiger partial charge >= 0.3 is 0 Å². The molecule has 0 unspecified atom stereocenters. The van der Waals surface area contributed by atoms with Crippen LogP contribution in [0.25, 0.3) is 10.9 Å². The predicted octanol–water partition coefficient (Wildman–Crippen LogP) is 4.28. The van der Waals surface area contributed by atoms with Crippen molar-refractivity contribution in [2.24, 2.45) is 0 Å². The van der Waals surface area contributed by atoms with E-state index in [1.165, 1.54) is 4.90 Å². The zero-order chi connectivity index (χ0) is 13.9. The molecule has 3 nitrogen and oxygen atoms in total. The molecule has 4 heteroatoms. The Morgan fingerprint density at radius 2 is 1.95 bits per heavy atom. The zero-order valence-corrected chi connectivity index (χ0v) is 11.9. The molecule has 0 radical (unpaired) electrons. The van der Waals surface area contributed by atoms with Crippen LogP contribution in [0.5, 0.6) is 0 Å². The van der Waals surface area contributed by atoms with Gasteiger partial charge in [-0.15, -0.1) is 11.8 Å². The molecule has 2 aromatic carbocycles.